The second-order valence-electron chi connectivity index (χ2n) is 4.49. The van der Waals surface area contributed by atoms with Gasteiger partial charge in [0.15, 0.2) is 5.76 Å². The lowest BCUT2D eigenvalue weighted by atomic mass is 10.1. The number of hydrogen-bond acceptors (Lipinski definition) is 5. The van der Waals surface area contributed by atoms with E-state index in [1.807, 2.05) is 4.90 Å². The number of nitrogens with one attached hydrogen (secondary N) is 1. The van der Waals surface area contributed by atoms with E-state index in [1.165, 1.54) is 12.3 Å². The maximum atomic E-state index is 11.7. The number of carbonyl (C=O) groups excluding carboxylic acids is 2. The fourth-order valence-corrected chi connectivity index (χ4v) is 2.07. The predicted octanol–water partition coefficient (Wildman–Crippen LogP) is -0.0409. The summed E-state index contributed by atoms with van der Waals surface area (Å²) in [5.41, 5.74) is 5.82. The van der Waals surface area contributed by atoms with Crippen molar-refractivity contribution in [2.24, 2.45) is 5.73 Å². The van der Waals surface area contributed by atoms with Crippen molar-refractivity contribution in [1.29, 1.82) is 0 Å². The Bertz CT molecular complexity index is 416. The molecule has 0 radical (unpaired) electrons. The first-order chi connectivity index (χ1) is 8.65. The van der Waals surface area contributed by atoms with Crippen molar-refractivity contribution < 1.29 is 14.0 Å². The van der Waals surface area contributed by atoms with Crippen LogP contribution in [0.25, 0.3) is 0 Å². The first-order valence-electron chi connectivity index (χ1n) is 6.01. The van der Waals surface area contributed by atoms with Crippen LogP contribution < -0.4 is 11.1 Å². The van der Waals surface area contributed by atoms with E-state index < -0.39 is 5.91 Å². The van der Waals surface area contributed by atoms with Crippen LogP contribution in [0.5, 0.6) is 0 Å². The number of nitrogens with zero attached hydrogens (tertiary/aromatic N) is 1. The van der Waals surface area contributed by atoms with Crippen LogP contribution in [0, 0.1) is 0 Å². The Balaban J connectivity index is 1.80. The molecule has 0 aliphatic carbocycles. The van der Waals surface area contributed by atoms with Gasteiger partial charge in [-0.05, 0) is 31.5 Å². The number of nitrogens with two attached hydrogens (primary N) is 1. The molecule has 1 aromatic rings. The van der Waals surface area contributed by atoms with Crippen molar-refractivity contribution in [3.8, 4) is 0 Å². The maximum absolute atomic E-state index is 11.7. The highest BCUT2D eigenvalue weighted by molar-refractivity contribution is 6.03. The van der Waals surface area contributed by atoms with Gasteiger partial charge in [-0.25, -0.2) is 0 Å². The van der Waals surface area contributed by atoms with Crippen molar-refractivity contribution in [1.82, 2.24) is 10.2 Å². The van der Waals surface area contributed by atoms with Gasteiger partial charge in [0, 0.05) is 12.6 Å². The van der Waals surface area contributed by atoms with Crippen molar-refractivity contribution in [3.05, 3.63) is 24.2 Å². The van der Waals surface area contributed by atoms with Crippen LogP contribution in [0.1, 0.15) is 23.4 Å². The molecule has 1 unspecified atom stereocenters. The molecule has 1 aliphatic rings. The molecule has 1 aromatic heterocycles. The molecule has 6 heteroatoms. The Morgan fingerprint density at radius 3 is 3.06 bits per heavy atom. The highest BCUT2D eigenvalue weighted by atomic mass is 16.3. The van der Waals surface area contributed by atoms with E-state index in [9.17, 15) is 9.59 Å². The van der Waals surface area contributed by atoms with Crippen molar-refractivity contribution >= 4 is 11.8 Å². The third-order valence-electron chi connectivity index (χ3n) is 2.91. The molecule has 0 bridgehead atoms. The molecular formula is C12H17N3O3. The number of piperidine rings is 1. The minimum atomic E-state index is -0.508. The lowest BCUT2D eigenvalue weighted by Crippen LogP contribution is -2.47. The Morgan fingerprint density at radius 2 is 2.39 bits per heavy atom. The van der Waals surface area contributed by atoms with Gasteiger partial charge in [0.25, 0.3) is 5.91 Å². The topological polar surface area (TPSA) is 88.6 Å². The molecule has 2 heterocycles. The van der Waals surface area contributed by atoms with Crippen LogP contribution in [-0.2, 0) is 4.79 Å². The zero-order chi connectivity index (χ0) is 13.0. The average Bonchev–Trinajstić information content (AvgIpc) is 2.81. The van der Waals surface area contributed by atoms with E-state index >= 15 is 0 Å². The second kappa shape index (κ2) is 5.79. The van der Waals surface area contributed by atoms with Gasteiger partial charge in [-0.2, -0.15) is 0 Å². The van der Waals surface area contributed by atoms with Gasteiger partial charge in [0.05, 0.1) is 12.8 Å². The molecule has 1 saturated heterocycles. The molecule has 0 saturated carbocycles. The number of carbonyl (C=O) groups is 2. The van der Waals surface area contributed by atoms with Gasteiger partial charge in [0.1, 0.15) is 0 Å². The standard InChI is InChI=1S/C12H17N3O3/c13-9-3-1-5-15(7-9)8-11(16)14-12(17)10-4-2-6-18-10/h2,4,6,9H,1,3,5,7-8,13H2,(H,14,16,17). The van der Waals surface area contributed by atoms with E-state index in [4.69, 9.17) is 10.2 Å². The molecular weight excluding hydrogens is 234 g/mol. The number of rotatable bonds is 3. The summed E-state index contributed by atoms with van der Waals surface area (Å²) in [5, 5.41) is 2.29. The lowest BCUT2D eigenvalue weighted by Gasteiger charge is -2.29. The van der Waals surface area contributed by atoms with Gasteiger partial charge in [-0.15, -0.1) is 0 Å². The van der Waals surface area contributed by atoms with Crippen LogP contribution in [0.2, 0.25) is 0 Å². The van der Waals surface area contributed by atoms with Crippen molar-refractivity contribution in [2.75, 3.05) is 19.6 Å². The smallest absolute Gasteiger partial charge is 0.293 e. The van der Waals surface area contributed by atoms with Gasteiger partial charge in [0.2, 0.25) is 5.91 Å². The average molecular weight is 251 g/mol. The Hall–Kier alpha value is -1.66. The van der Waals surface area contributed by atoms with Gasteiger partial charge >= 0.3 is 0 Å². The van der Waals surface area contributed by atoms with Crippen molar-refractivity contribution in [2.45, 2.75) is 18.9 Å². The Morgan fingerprint density at radius 1 is 1.56 bits per heavy atom. The number of hydrogen-bond donors (Lipinski definition) is 2. The Kier molecular flexibility index (Phi) is 4.11. The van der Waals surface area contributed by atoms with E-state index in [2.05, 4.69) is 5.32 Å². The monoisotopic (exact) mass is 251 g/mol. The molecule has 18 heavy (non-hydrogen) atoms. The fraction of sp³-hybridized carbons (Fsp3) is 0.500. The van der Waals surface area contributed by atoms with E-state index in [0.29, 0.717) is 6.54 Å². The third-order valence-corrected chi connectivity index (χ3v) is 2.91. The molecule has 2 amide bonds. The number of amides is 2. The molecule has 0 aromatic carbocycles. The zero-order valence-corrected chi connectivity index (χ0v) is 10.1. The van der Waals surface area contributed by atoms with Crippen LogP contribution in [0.3, 0.4) is 0 Å². The lowest BCUT2D eigenvalue weighted by molar-refractivity contribution is -0.121. The highest BCUT2D eigenvalue weighted by Crippen LogP contribution is 2.07. The van der Waals surface area contributed by atoms with Crippen LogP contribution >= 0.6 is 0 Å². The highest BCUT2D eigenvalue weighted by Gasteiger charge is 2.20. The quantitative estimate of drug-likeness (QED) is 0.787. The summed E-state index contributed by atoms with van der Waals surface area (Å²) in [6, 6.07) is 3.23. The summed E-state index contributed by atoms with van der Waals surface area (Å²) in [4.78, 5) is 25.2. The Labute approximate surface area is 105 Å². The minimum Gasteiger partial charge on any atom is -0.459 e. The second-order valence-corrected chi connectivity index (χ2v) is 4.49. The summed E-state index contributed by atoms with van der Waals surface area (Å²) in [5.74, 6) is -0.699. The predicted molar refractivity (Wildman–Crippen MR) is 64.8 cm³/mol. The maximum Gasteiger partial charge on any atom is 0.293 e. The minimum absolute atomic E-state index is 0.118. The number of imide groups is 1. The van der Waals surface area contributed by atoms with Gasteiger partial charge in [-0.3, -0.25) is 19.8 Å². The van der Waals surface area contributed by atoms with Crippen molar-refractivity contribution in [3.63, 3.8) is 0 Å². The van der Waals surface area contributed by atoms with E-state index in [1.54, 1.807) is 6.07 Å². The first kappa shape index (κ1) is 12.8. The largest absolute Gasteiger partial charge is 0.459 e. The van der Waals surface area contributed by atoms with E-state index in [-0.39, 0.29) is 24.3 Å². The SMILES string of the molecule is NC1CCCN(CC(=O)NC(=O)c2ccco2)C1. The normalized spacial score (nSPS) is 20.6. The summed E-state index contributed by atoms with van der Waals surface area (Å²) in [6.45, 7) is 1.73. The third kappa shape index (κ3) is 3.41. The fourth-order valence-electron chi connectivity index (χ4n) is 2.07. The number of likely N-dealkylation sites (tertiary alicyclic amines) is 1. The molecule has 1 fully saturated rings. The van der Waals surface area contributed by atoms with E-state index in [0.717, 1.165) is 19.4 Å². The molecule has 0 spiro atoms. The van der Waals surface area contributed by atoms with Crippen LogP contribution in [0.15, 0.2) is 22.8 Å². The van der Waals surface area contributed by atoms with Gasteiger partial charge < -0.3 is 10.2 Å². The van der Waals surface area contributed by atoms with Gasteiger partial charge in [-0.1, -0.05) is 0 Å². The molecule has 98 valence electrons. The molecule has 1 atom stereocenters. The molecule has 3 N–H and O–H groups in total. The number of furan rings is 1. The molecule has 1 aliphatic heterocycles. The molecule has 6 nitrogen and oxygen atoms in total. The summed E-state index contributed by atoms with van der Waals surface area (Å²) >= 11 is 0. The van der Waals surface area contributed by atoms with Crippen LogP contribution in [0.4, 0.5) is 0 Å². The van der Waals surface area contributed by atoms with Crippen LogP contribution in [-0.4, -0.2) is 42.4 Å². The zero-order valence-electron chi connectivity index (χ0n) is 10.1. The summed E-state index contributed by atoms with van der Waals surface area (Å²) < 4.78 is 4.91. The summed E-state index contributed by atoms with van der Waals surface area (Å²) in [6.07, 6.45) is 3.37. The first-order valence-corrected chi connectivity index (χ1v) is 6.01. The molecule has 2 rings (SSSR count). The summed E-state index contributed by atoms with van der Waals surface area (Å²) in [7, 11) is 0.